The van der Waals surface area contributed by atoms with E-state index in [1.165, 1.54) is 24.3 Å². The Bertz CT molecular complexity index is 1540. The van der Waals surface area contributed by atoms with Crippen molar-refractivity contribution in [3.63, 3.8) is 0 Å². The molecule has 0 aliphatic heterocycles. The van der Waals surface area contributed by atoms with Crippen molar-refractivity contribution in [2.75, 3.05) is 26.4 Å². The lowest BCUT2D eigenvalue weighted by Crippen LogP contribution is -2.11. The van der Waals surface area contributed by atoms with Gasteiger partial charge in [0, 0.05) is 19.6 Å². The van der Waals surface area contributed by atoms with Gasteiger partial charge in [0.2, 0.25) is 0 Å². The van der Waals surface area contributed by atoms with E-state index < -0.39 is 19.2 Å². The van der Waals surface area contributed by atoms with E-state index in [2.05, 4.69) is 31.9 Å². The summed E-state index contributed by atoms with van der Waals surface area (Å²) in [4.78, 5) is 0.246. The molecule has 4 aromatic carbocycles. The van der Waals surface area contributed by atoms with E-state index in [4.69, 9.17) is 29.4 Å². The van der Waals surface area contributed by atoms with Gasteiger partial charge in [-0.1, -0.05) is 92.5 Å². The van der Waals surface area contributed by atoms with E-state index in [1.54, 1.807) is 24.3 Å². The molecule has 0 amide bonds. The molecule has 4 rings (SSSR count). The van der Waals surface area contributed by atoms with Crippen LogP contribution in [0.25, 0.3) is 0 Å². The van der Waals surface area contributed by atoms with Gasteiger partial charge in [0.05, 0.1) is 49.4 Å². The topological polar surface area (TPSA) is 116 Å². The summed E-state index contributed by atoms with van der Waals surface area (Å²) < 4.78 is 62.2. The molecule has 0 spiro atoms. The molecule has 0 saturated carbocycles. The number of aliphatic hydroxyl groups is 1. The molecular weight excluding hydrogens is 748 g/mol. The number of hydrogen-bond donors (Lipinski definition) is 1. The van der Waals surface area contributed by atoms with Crippen LogP contribution in [0, 0.1) is 0 Å². The minimum absolute atomic E-state index is 0.00870. The van der Waals surface area contributed by atoms with Gasteiger partial charge in [-0.25, -0.2) is 8.42 Å². The maximum Gasteiger partial charge on any atom is 0.297 e. The maximum atomic E-state index is 11.9. The number of aliphatic hydroxyl groups excluding tert-OH is 1. The monoisotopic (exact) mass is 776 g/mol. The van der Waals surface area contributed by atoms with Gasteiger partial charge >= 0.3 is 0 Å². The highest BCUT2D eigenvalue weighted by atomic mass is 79.9. The molecule has 0 bridgehead atoms. The van der Waals surface area contributed by atoms with Crippen molar-refractivity contribution in [3.8, 4) is 0 Å². The Hall–Kier alpha value is -2.13. The van der Waals surface area contributed by atoms with Crippen molar-refractivity contribution in [2.24, 2.45) is 0 Å². The molecule has 13 heteroatoms. The molecule has 0 aliphatic rings. The molecule has 0 aliphatic carbocycles. The fourth-order valence-electron chi connectivity index (χ4n) is 3.06. The second kappa shape index (κ2) is 20.0. The standard InChI is InChI=1S/C15H15BrO4S.C9H12O2.C6H4BrClO2S/c16-14-6-8-15(9-7-14)21(17,18)20-11-10-19-12-13-4-2-1-3-5-13;10-6-7-11-8-9-4-2-1-3-5-9;7-5-1-3-6(4-2-5)11(8,9)10/h1-9H,10-12H2;1-5,10H,6-8H2;1-4H. The summed E-state index contributed by atoms with van der Waals surface area (Å²) in [5.74, 6) is 0. The summed E-state index contributed by atoms with van der Waals surface area (Å²) in [5.41, 5.74) is 2.18. The van der Waals surface area contributed by atoms with Gasteiger partial charge in [0.15, 0.2) is 0 Å². The Morgan fingerprint density at radius 2 is 1.00 bits per heavy atom. The van der Waals surface area contributed by atoms with Crippen LogP contribution in [0.15, 0.2) is 128 Å². The Kier molecular flexibility index (Phi) is 17.2. The molecule has 0 aromatic heterocycles. The molecule has 0 unspecified atom stereocenters. The van der Waals surface area contributed by atoms with Gasteiger partial charge in [-0.3, -0.25) is 4.18 Å². The van der Waals surface area contributed by atoms with Gasteiger partial charge in [-0.15, -0.1) is 0 Å². The zero-order valence-electron chi connectivity index (χ0n) is 22.9. The van der Waals surface area contributed by atoms with Crippen molar-refractivity contribution in [1.82, 2.24) is 0 Å². The van der Waals surface area contributed by atoms with E-state index in [-0.39, 0.29) is 29.6 Å². The van der Waals surface area contributed by atoms with Crippen molar-refractivity contribution in [3.05, 3.63) is 129 Å². The third-order valence-corrected chi connectivity index (χ3v) is 8.88. The minimum atomic E-state index is -3.72. The van der Waals surface area contributed by atoms with Crippen molar-refractivity contribution in [2.45, 2.75) is 23.0 Å². The number of halogens is 3. The lowest BCUT2D eigenvalue weighted by atomic mass is 10.2. The fraction of sp³-hybridized carbons (Fsp3) is 0.200. The minimum Gasteiger partial charge on any atom is -0.394 e. The highest BCUT2D eigenvalue weighted by molar-refractivity contribution is 9.10. The summed E-state index contributed by atoms with van der Waals surface area (Å²) in [6, 6.07) is 32.0. The molecule has 0 radical (unpaired) electrons. The summed E-state index contributed by atoms with van der Waals surface area (Å²) in [7, 11) is -2.22. The molecule has 1 N–H and O–H groups in total. The van der Waals surface area contributed by atoms with Crippen LogP contribution in [-0.4, -0.2) is 48.4 Å². The third-order valence-electron chi connectivity index (χ3n) is 5.12. The quantitative estimate of drug-likeness (QED) is 0.0935. The average molecular weight is 779 g/mol. The van der Waals surface area contributed by atoms with Crippen molar-refractivity contribution < 1.29 is 35.6 Å². The molecule has 232 valence electrons. The molecule has 0 fully saturated rings. The van der Waals surface area contributed by atoms with Crippen molar-refractivity contribution in [1.29, 1.82) is 0 Å². The zero-order valence-corrected chi connectivity index (χ0v) is 28.5. The van der Waals surface area contributed by atoms with Crippen LogP contribution in [0.2, 0.25) is 0 Å². The highest BCUT2D eigenvalue weighted by Gasteiger charge is 2.14. The van der Waals surface area contributed by atoms with Crippen LogP contribution >= 0.6 is 42.5 Å². The Balaban J connectivity index is 0.000000247. The molecule has 43 heavy (non-hydrogen) atoms. The smallest absolute Gasteiger partial charge is 0.297 e. The predicted octanol–water partition coefficient (Wildman–Crippen LogP) is 6.94. The fourth-order valence-corrected chi connectivity index (χ4v) is 5.25. The van der Waals surface area contributed by atoms with Crippen LogP contribution in [0.5, 0.6) is 0 Å². The SMILES string of the molecule is O=S(=O)(Cl)c1ccc(Br)cc1.O=S(=O)(OCCOCc1ccccc1)c1ccc(Br)cc1.OCCOCc1ccccc1. The first-order valence-electron chi connectivity index (χ1n) is 12.7. The largest absolute Gasteiger partial charge is 0.394 e. The highest BCUT2D eigenvalue weighted by Crippen LogP contribution is 2.18. The Morgan fingerprint density at radius 3 is 1.42 bits per heavy atom. The van der Waals surface area contributed by atoms with Gasteiger partial charge < -0.3 is 14.6 Å². The number of rotatable bonds is 12. The first-order valence-corrected chi connectivity index (χ1v) is 18.0. The maximum absolute atomic E-state index is 11.9. The molecule has 0 atom stereocenters. The first-order chi connectivity index (χ1) is 20.5. The summed E-state index contributed by atoms with van der Waals surface area (Å²) in [6.45, 7) is 1.72. The second-order valence-electron chi connectivity index (χ2n) is 8.42. The van der Waals surface area contributed by atoms with Crippen LogP contribution < -0.4 is 0 Å². The predicted molar refractivity (Wildman–Crippen MR) is 174 cm³/mol. The van der Waals surface area contributed by atoms with Crippen molar-refractivity contribution >= 4 is 61.7 Å². The molecular formula is C30H31Br2ClO8S2. The number of hydrogen-bond acceptors (Lipinski definition) is 8. The molecule has 4 aromatic rings. The van der Waals surface area contributed by atoms with Crippen LogP contribution in [0.4, 0.5) is 0 Å². The van der Waals surface area contributed by atoms with E-state index in [9.17, 15) is 16.8 Å². The van der Waals surface area contributed by atoms with Gasteiger partial charge in [0.1, 0.15) is 0 Å². The Morgan fingerprint density at radius 1 is 0.581 bits per heavy atom. The van der Waals surface area contributed by atoms with Crippen LogP contribution in [-0.2, 0) is 46.0 Å². The molecule has 0 saturated heterocycles. The van der Waals surface area contributed by atoms with E-state index >= 15 is 0 Å². The normalized spacial score (nSPS) is 11.1. The van der Waals surface area contributed by atoms with Crippen LogP contribution in [0.1, 0.15) is 11.1 Å². The third kappa shape index (κ3) is 16.0. The van der Waals surface area contributed by atoms with Gasteiger partial charge in [-0.2, -0.15) is 8.42 Å². The molecule has 0 heterocycles. The molecule has 8 nitrogen and oxygen atoms in total. The first kappa shape index (κ1) is 37.1. The van der Waals surface area contributed by atoms with Crippen LogP contribution in [0.3, 0.4) is 0 Å². The summed E-state index contributed by atoms with van der Waals surface area (Å²) in [5, 5.41) is 8.42. The zero-order chi connectivity index (χ0) is 31.6. The van der Waals surface area contributed by atoms with Gasteiger partial charge in [0.25, 0.3) is 19.2 Å². The second-order valence-corrected chi connectivity index (χ2v) is 14.4. The summed E-state index contributed by atoms with van der Waals surface area (Å²) in [6.07, 6.45) is 0. The lowest BCUT2D eigenvalue weighted by molar-refractivity contribution is 0.0815. The van der Waals surface area contributed by atoms with Gasteiger partial charge in [-0.05, 0) is 59.7 Å². The summed E-state index contributed by atoms with van der Waals surface area (Å²) >= 11 is 6.43. The van der Waals surface area contributed by atoms with E-state index in [0.29, 0.717) is 19.8 Å². The van der Waals surface area contributed by atoms with E-state index in [1.807, 2.05) is 60.7 Å². The number of benzene rings is 4. The lowest BCUT2D eigenvalue weighted by Gasteiger charge is -2.07. The average Bonchev–Trinajstić information content (AvgIpc) is 2.99. The number of ether oxygens (including phenoxy) is 2. The van der Waals surface area contributed by atoms with E-state index in [0.717, 1.165) is 20.1 Å². The Labute approximate surface area is 274 Å².